The first-order valence-electron chi connectivity index (χ1n) is 9.72. The van der Waals surface area contributed by atoms with E-state index in [1.807, 2.05) is 7.05 Å². The summed E-state index contributed by atoms with van der Waals surface area (Å²) in [7, 11) is 0.0234. The fourth-order valence-corrected chi connectivity index (χ4v) is 9.37. The fraction of sp³-hybridized carbons (Fsp3) is 1.00. The van der Waals surface area contributed by atoms with E-state index in [2.05, 4.69) is 97.1 Å². The van der Waals surface area contributed by atoms with E-state index in [1.54, 1.807) is 0 Å². The van der Waals surface area contributed by atoms with Crippen LogP contribution in [0.25, 0.3) is 0 Å². The smallest absolute Gasteiger partial charge is 0.169 e. The van der Waals surface area contributed by atoms with Crippen LogP contribution in [-0.2, 0) is 0 Å². The zero-order valence-corrected chi connectivity index (χ0v) is 19.6. The van der Waals surface area contributed by atoms with Crippen LogP contribution in [0.4, 0.5) is 0 Å². The second-order valence-corrected chi connectivity index (χ2v) is 11.3. The molecule has 0 atom stereocenters. The van der Waals surface area contributed by atoms with E-state index < -0.39 is 7.51 Å². The molecule has 0 heterocycles. The number of hydrogen-bond acceptors (Lipinski definition) is 1. The Labute approximate surface area is 153 Å². The van der Waals surface area contributed by atoms with Crippen LogP contribution in [-0.4, -0.2) is 57.3 Å². The van der Waals surface area contributed by atoms with E-state index >= 15 is 0 Å². The third kappa shape index (κ3) is 4.84. The molecule has 0 aromatic heterocycles. The molecule has 0 amide bonds. The highest BCUT2D eigenvalue weighted by Crippen LogP contribution is 2.64. The van der Waals surface area contributed by atoms with Crippen LogP contribution >= 0.6 is 7.51 Å². The van der Waals surface area contributed by atoms with Crippen molar-refractivity contribution in [3.05, 3.63) is 0 Å². The highest BCUT2D eigenvalue weighted by Gasteiger charge is 2.46. The molecule has 0 aromatic rings. The quantitative estimate of drug-likeness (QED) is 0.477. The average Bonchev–Trinajstić information content (AvgIpc) is 2.34. The lowest BCUT2D eigenvalue weighted by molar-refractivity contribution is 0.188. The minimum atomic E-state index is -2.02. The molecule has 0 radical (unpaired) electrons. The standard InChI is InChI=1S/C19H45N4P/c1-14(2)21(15(3)4)24(20-13,22(16(5)6)17(7)8)23(18(9)10)19(11)12/h14-19H,1-13H3. The van der Waals surface area contributed by atoms with Crippen LogP contribution in [0.1, 0.15) is 83.1 Å². The van der Waals surface area contributed by atoms with Crippen molar-refractivity contribution in [1.29, 1.82) is 0 Å². The highest BCUT2D eigenvalue weighted by atomic mass is 31.2. The average molecular weight is 361 g/mol. The number of rotatable bonds is 9. The first-order valence-corrected chi connectivity index (χ1v) is 11.3. The first-order chi connectivity index (χ1) is 10.9. The minimum Gasteiger partial charge on any atom is -0.264 e. The molecule has 0 saturated carbocycles. The Morgan fingerprint density at radius 1 is 0.458 bits per heavy atom. The van der Waals surface area contributed by atoms with Crippen LogP contribution in [0.15, 0.2) is 4.74 Å². The Morgan fingerprint density at radius 2 is 0.625 bits per heavy atom. The third-order valence-corrected chi connectivity index (χ3v) is 9.54. The van der Waals surface area contributed by atoms with Gasteiger partial charge in [0.05, 0.1) is 0 Å². The van der Waals surface area contributed by atoms with E-state index in [0.29, 0.717) is 36.3 Å². The zero-order valence-electron chi connectivity index (χ0n) is 18.7. The second kappa shape index (κ2) is 9.71. The maximum atomic E-state index is 5.24. The van der Waals surface area contributed by atoms with Gasteiger partial charge < -0.3 is 0 Å². The lowest BCUT2D eigenvalue weighted by Crippen LogP contribution is -2.53. The summed E-state index contributed by atoms with van der Waals surface area (Å²) in [5.74, 6) is 0. The van der Waals surface area contributed by atoms with E-state index in [0.717, 1.165) is 0 Å². The molecule has 0 aliphatic heterocycles. The first kappa shape index (κ1) is 24.1. The van der Waals surface area contributed by atoms with Crippen molar-refractivity contribution in [3.63, 3.8) is 0 Å². The molecule has 0 aliphatic carbocycles. The van der Waals surface area contributed by atoms with Crippen molar-refractivity contribution >= 4 is 7.51 Å². The number of nitrogens with zero attached hydrogens (tertiary/aromatic N) is 4. The predicted molar refractivity (Wildman–Crippen MR) is 112 cm³/mol. The highest BCUT2D eigenvalue weighted by molar-refractivity contribution is 7.59. The van der Waals surface area contributed by atoms with Gasteiger partial charge in [0.15, 0.2) is 7.51 Å². The maximum absolute atomic E-state index is 5.24. The Kier molecular flexibility index (Phi) is 9.75. The largest absolute Gasteiger partial charge is 0.264 e. The molecule has 5 heteroatoms. The molecule has 4 nitrogen and oxygen atoms in total. The summed E-state index contributed by atoms with van der Waals surface area (Å²) in [6.07, 6.45) is 0. The molecule has 0 bridgehead atoms. The molecule has 0 aromatic carbocycles. The molecule has 0 fully saturated rings. The van der Waals surface area contributed by atoms with Gasteiger partial charge >= 0.3 is 0 Å². The maximum Gasteiger partial charge on any atom is 0.169 e. The van der Waals surface area contributed by atoms with Crippen molar-refractivity contribution < 1.29 is 0 Å². The SMILES string of the molecule is CN=P(N(C(C)C)C(C)C)(N(C(C)C)C(C)C)N(C(C)C)C(C)C. The van der Waals surface area contributed by atoms with Crippen LogP contribution in [0, 0.1) is 0 Å². The second-order valence-electron chi connectivity index (χ2n) is 8.44. The summed E-state index contributed by atoms with van der Waals surface area (Å²) in [5.41, 5.74) is 0. The van der Waals surface area contributed by atoms with Crippen molar-refractivity contribution in [2.45, 2.75) is 119 Å². The molecule has 0 spiro atoms. The van der Waals surface area contributed by atoms with Crippen molar-refractivity contribution in [2.24, 2.45) is 4.74 Å². The Bertz CT molecular complexity index is 333. The van der Waals surface area contributed by atoms with Crippen LogP contribution in [0.2, 0.25) is 0 Å². The van der Waals surface area contributed by atoms with Crippen molar-refractivity contribution in [3.8, 4) is 0 Å². The van der Waals surface area contributed by atoms with Gasteiger partial charge in [-0.3, -0.25) is 4.74 Å². The van der Waals surface area contributed by atoms with Gasteiger partial charge in [0.2, 0.25) is 0 Å². The molecule has 0 N–H and O–H groups in total. The topological polar surface area (TPSA) is 22.1 Å². The summed E-state index contributed by atoms with van der Waals surface area (Å²) in [6.45, 7) is 27.8. The summed E-state index contributed by atoms with van der Waals surface area (Å²) in [6, 6.07) is 2.68. The van der Waals surface area contributed by atoms with Gasteiger partial charge in [-0.1, -0.05) is 0 Å². The Hall–Kier alpha value is 0.110. The van der Waals surface area contributed by atoms with E-state index in [9.17, 15) is 0 Å². The zero-order chi connectivity index (χ0) is 19.4. The third-order valence-electron chi connectivity index (χ3n) is 4.37. The molecule has 0 aliphatic rings. The number of hydrogen-bond donors (Lipinski definition) is 0. The van der Waals surface area contributed by atoms with Gasteiger partial charge in [0.1, 0.15) is 0 Å². The molecular weight excluding hydrogens is 315 g/mol. The van der Waals surface area contributed by atoms with Crippen LogP contribution < -0.4 is 0 Å². The van der Waals surface area contributed by atoms with Gasteiger partial charge in [0.25, 0.3) is 0 Å². The lowest BCUT2D eigenvalue weighted by atomic mass is 10.3. The fourth-order valence-electron chi connectivity index (χ4n) is 4.32. The van der Waals surface area contributed by atoms with Gasteiger partial charge in [-0.25, -0.2) is 14.0 Å². The molecular formula is C19H45N4P. The van der Waals surface area contributed by atoms with E-state index in [-0.39, 0.29) is 0 Å². The summed E-state index contributed by atoms with van der Waals surface area (Å²) >= 11 is 0. The molecule has 0 saturated heterocycles. The Morgan fingerprint density at radius 3 is 0.708 bits per heavy atom. The van der Waals surface area contributed by atoms with Gasteiger partial charge in [-0.2, -0.15) is 0 Å². The molecule has 0 unspecified atom stereocenters. The van der Waals surface area contributed by atoms with Crippen LogP contribution in [0.3, 0.4) is 0 Å². The van der Waals surface area contributed by atoms with Gasteiger partial charge in [0, 0.05) is 43.3 Å². The van der Waals surface area contributed by atoms with Gasteiger partial charge in [-0.05, 0) is 83.1 Å². The van der Waals surface area contributed by atoms with E-state index in [1.165, 1.54) is 0 Å². The summed E-state index contributed by atoms with van der Waals surface area (Å²) in [5, 5.41) is 0. The minimum absolute atomic E-state index is 0.446. The summed E-state index contributed by atoms with van der Waals surface area (Å²) in [4.78, 5) is 0. The summed E-state index contributed by atoms with van der Waals surface area (Å²) < 4.78 is 13.3. The van der Waals surface area contributed by atoms with Crippen molar-refractivity contribution in [2.75, 3.05) is 7.05 Å². The predicted octanol–water partition coefficient (Wildman–Crippen LogP) is 5.92. The van der Waals surface area contributed by atoms with Crippen molar-refractivity contribution in [1.82, 2.24) is 14.0 Å². The molecule has 0 rings (SSSR count). The monoisotopic (exact) mass is 360 g/mol. The van der Waals surface area contributed by atoms with Gasteiger partial charge in [-0.15, -0.1) is 0 Å². The van der Waals surface area contributed by atoms with E-state index in [4.69, 9.17) is 4.74 Å². The normalized spacial score (nSPS) is 14.1. The molecule has 24 heavy (non-hydrogen) atoms. The Balaban J connectivity index is 6.86. The molecule has 146 valence electrons. The lowest BCUT2D eigenvalue weighted by Gasteiger charge is -2.57. The van der Waals surface area contributed by atoms with Crippen LogP contribution in [0.5, 0.6) is 0 Å².